The Kier molecular flexibility index (Phi) is 5.48. The van der Waals surface area contributed by atoms with E-state index in [1.807, 2.05) is 5.38 Å². The molecule has 1 amide bonds. The van der Waals surface area contributed by atoms with Crippen molar-refractivity contribution >= 4 is 44.9 Å². The van der Waals surface area contributed by atoms with Gasteiger partial charge in [-0.25, -0.2) is 4.98 Å². The minimum Gasteiger partial charge on any atom is -0.497 e. The number of thiophene rings is 1. The van der Waals surface area contributed by atoms with Crippen molar-refractivity contribution in [3.8, 4) is 11.5 Å². The minimum absolute atomic E-state index is 0.107. The van der Waals surface area contributed by atoms with Crippen molar-refractivity contribution in [3.05, 3.63) is 40.0 Å². The maximum Gasteiger partial charge on any atom is 0.271 e. The SMILES string of the molecule is COc1ccc(OC)c(NC(=O)CSc2nc3ccsc3c(=O)n2C)c1. The lowest BCUT2D eigenvalue weighted by Crippen LogP contribution is -2.20. The summed E-state index contributed by atoms with van der Waals surface area (Å²) >= 11 is 2.56. The molecule has 3 aromatic rings. The third-order valence-electron chi connectivity index (χ3n) is 3.66. The predicted octanol–water partition coefficient (Wildman–Crippen LogP) is 2.74. The molecule has 9 heteroatoms. The van der Waals surface area contributed by atoms with Crippen molar-refractivity contribution in [1.82, 2.24) is 9.55 Å². The van der Waals surface area contributed by atoms with E-state index in [0.29, 0.717) is 32.6 Å². The molecule has 0 saturated heterocycles. The van der Waals surface area contributed by atoms with Gasteiger partial charge in [0, 0.05) is 13.1 Å². The van der Waals surface area contributed by atoms with Gasteiger partial charge < -0.3 is 14.8 Å². The third-order valence-corrected chi connectivity index (χ3v) is 5.58. The van der Waals surface area contributed by atoms with Gasteiger partial charge in [-0.05, 0) is 23.6 Å². The van der Waals surface area contributed by atoms with Crippen LogP contribution in [0.1, 0.15) is 0 Å². The monoisotopic (exact) mass is 391 g/mol. The van der Waals surface area contributed by atoms with Crippen LogP contribution in [-0.2, 0) is 11.8 Å². The lowest BCUT2D eigenvalue weighted by atomic mass is 10.2. The Morgan fingerprint density at radius 3 is 2.85 bits per heavy atom. The van der Waals surface area contributed by atoms with Gasteiger partial charge in [-0.2, -0.15) is 0 Å². The van der Waals surface area contributed by atoms with E-state index in [-0.39, 0.29) is 17.2 Å². The number of methoxy groups -OCH3 is 2. The van der Waals surface area contributed by atoms with E-state index in [2.05, 4.69) is 10.3 Å². The van der Waals surface area contributed by atoms with E-state index in [0.717, 1.165) is 0 Å². The van der Waals surface area contributed by atoms with E-state index in [1.165, 1.54) is 34.8 Å². The summed E-state index contributed by atoms with van der Waals surface area (Å²) in [6.07, 6.45) is 0. The van der Waals surface area contributed by atoms with Gasteiger partial charge in [0.1, 0.15) is 16.2 Å². The Bertz CT molecular complexity index is 1010. The first-order valence-corrected chi connectivity index (χ1v) is 9.49. The van der Waals surface area contributed by atoms with Gasteiger partial charge in [0.25, 0.3) is 5.56 Å². The van der Waals surface area contributed by atoms with Crippen LogP contribution in [0.15, 0.2) is 39.6 Å². The number of aromatic nitrogens is 2. The van der Waals surface area contributed by atoms with E-state index < -0.39 is 0 Å². The minimum atomic E-state index is -0.235. The molecule has 136 valence electrons. The van der Waals surface area contributed by atoms with Gasteiger partial charge in [0.05, 0.1) is 31.2 Å². The highest BCUT2D eigenvalue weighted by Gasteiger charge is 2.13. The number of thioether (sulfide) groups is 1. The number of nitrogens with zero attached hydrogens (tertiary/aromatic N) is 2. The molecule has 0 unspecified atom stereocenters. The van der Waals surface area contributed by atoms with E-state index in [1.54, 1.807) is 38.4 Å². The second-order valence-electron chi connectivity index (χ2n) is 5.30. The number of amides is 1. The molecule has 2 heterocycles. The molecular formula is C17H17N3O4S2. The Balaban J connectivity index is 1.74. The Morgan fingerprint density at radius 1 is 1.31 bits per heavy atom. The van der Waals surface area contributed by atoms with E-state index >= 15 is 0 Å². The normalized spacial score (nSPS) is 10.7. The Labute approximate surface area is 158 Å². The second-order valence-corrected chi connectivity index (χ2v) is 7.16. The number of benzene rings is 1. The summed E-state index contributed by atoms with van der Waals surface area (Å²) in [4.78, 5) is 29.1. The Hall–Kier alpha value is -2.52. The number of hydrogen-bond donors (Lipinski definition) is 1. The summed E-state index contributed by atoms with van der Waals surface area (Å²) in [5, 5.41) is 5.12. The van der Waals surface area contributed by atoms with Crippen molar-refractivity contribution in [1.29, 1.82) is 0 Å². The summed E-state index contributed by atoms with van der Waals surface area (Å²) in [5.41, 5.74) is 1.06. The highest BCUT2D eigenvalue weighted by atomic mass is 32.2. The zero-order valence-electron chi connectivity index (χ0n) is 14.4. The quantitative estimate of drug-likeness (QED) is 0.514. The number of anilines is 1. The van der Waals surface area contributed by atoms with Crippen molar-refractivity contribution in [2.75, 3.05) is 25.3 Å². The molecule has 0 aliphatic carbocycles. The molecule has 0 spiro atoms. The highest BCUT2D eigenvalue weighted by molar-refractivity contribution is 7.99. The topological polar surface area (TPSA) is 82.5 Å². The van der Waals surface area contributed by atoms with Crippen molar-refractivity contribution in [3.63, 3.8) is 0 Å². The van der Waals surface area contributed by atoms with Gasteiger partial charge >= 0.3 is 0 Å². The molecule has 0 radical (unpaired) electrons. The first-order chi connectivity index (χ1) is 12.5. The van der Waals surface area contributed by atoms with E-state index in [9.17, 15) is 9.59 Å². The molecule has 0 aliphatic heterocycles. The van der Waals surface area contributed by atoms with Crippen LogP contribution < -0.4 is 20.3 Å². The largest absolute Gasteiger partial charge is 0.497 e. The lowest BCUT2D eigenvalue weighted by molar-refractivity contribution is -0.113. The molecule has 2 aromatic heterocycles. The van der Waals surface area contributed by atoms with Crippen LogP contribution in [0.25, 0.3) is 10.2 Å². The van der Waals surface area contributed by atoms with Gasteiger partial charge in [-0.15, -0.1) is 11.3 Å². The number of hydrogen-bond acceptors (Lipinski definition) is 7. The number of carbonyl (C=O) groups is 1. The molecule has 1 N–H and O–H groups in total. The Morgan fingerprint density at radius 2 is 2.12 bits per heavy atom. The molecule has 26 heavy (non-hydrogen) atoms. The average molecular weight is 391 g/mol. The predicted molar refractivity (Wildman–Crippen MR) is 104 cm³/mol. The average Bonchev–Trinajstić information content (AvgIpc) is 3.12. The molecule has 3 rings (SSSR count). The maximum absolute atomic E-state index is 12.3. The summed E-state index contributed by atoms with van der Waals surface area (Å²) in [6, 6.07) is 6.95. The molecular weight excluding hydrogens is 374 g/mol. The number of carbonyl (C=O) groups excluding carboxylic acids is 1. The third kappa shape index (κ3) is 3.68. The van der Waals surface area contributed by atoms with Crippen LogP contribution in [0.5, 0.6) is 11.5 Å². The zero-order valence-corrected chi connectivity index (χ0v) is 16.1. The summed E-state index contributed by atoms with van der Waals surface area (Å²) in [7, 11) is 4.73. The highest BCUT2D eigenvalue weighted by Crippen LogP contribution is 2.29. The van der Waals surface area contributed by atoms with Crippen LogP contribution in [0, 0.1) is 0 Å². The van der Waals surface area contributed by atoms with Crippen molar-refractivity contribution < 1.29 is 14.3 Å². The van der Waals surface area contributed by atoms with Crippen LogP contribution >= 0.6 is 23.1 Å². The van der Waals surface area contributed by atoms with Crippen LogP contribution in [0.2, 0.25) is 0 Å². The molecule has 7 nitrogen and oxygen atoms in total. The van der Waals surface area contributed by atoms with Crippen LogP contribution in [0.3, 0.4) is 0 Å². The summed E-state index contributed by atoms with van der Waals surface area (Å²) < 4.78 is 12.5. The van der Waals surface area contributed by atoms with Crippen molar-refractivity contribution in [2.24, 2.45) is 7.05 Å². The maximum atomic E-state index is 12.3. The molecule has 1 aromatic carbocycles. The smallest absolute Gasteiger partial charge is 0.271 e. The molecule has 0 saturated carbocycles. The van der Waals surface area contributed by atoms with Gasteiger partial charge in [0.15, 0.2) is 5.16 Å². The number of nitrogens with one attached hydrogen (secondary N) is 1. The fourth-order valence-electron chi connectivity index (χ4n) is 2.33. The number of ether oxygens (including phenoxy) is 2. The summed E-state index contributed by atoms with van der Waals surface area (Å²) in [6.45, 7) is 0. The lowest BCUT2D eigenvalue weighted by Gasteiger charge is -2.12. The summed E-state index contributed by atoms with van der Waals surface area (Å²) in [5.74, 6) is 1.02. The van der Waals surface area contributed by atoms with E-state index in [4.69, 9.17) is 9.47 Å². The van der Waals surface area contributed by atoms with Crippen LogP contribution in [-0.4, -0.2) is 35.4 Å². The first kappa shape index (κ1) is 18.3. The molecule has 0 atom stereocenters. The van der Waals surface area contributed by atoms with Crippen LogP contribution in [0.4, 0.5) is 5.69 Å². The fraction of sp³-hybridized carbons (Fsp3) is 0.235. The number of rotatable bonds is 6. The molecule has 0 fully saturated rings. The first-order valence-electron chi connectivity index (χ1n) is 7.62. The van der Waals surface area contributed by atoms with Crippen molar-refractivity contribution in [2.45, 2.75) is 5.16 Å². The molecule has 0 aliphatic rings. The van der Waals surface area contributed by atoms with Gasteiger partial charge in [0.2, 0.25) is 5.91 Å². The standard InChI is InChI=1S/C17H17N3O4S2/c1-20-16(22)15-11(6-7-25-15)19-17(20)26-9-14(21)18-12-8-10(23-2)4-5-13(12)24-3/h4-8H,9H2,1-3H3,(H,18,21). The fourth-order valence-corrected chi connectivity index (χ4v) is 3.90. The number of fused-ring (bicyclic) bond motifs is 1. The second kappa shape index (κ2) is 7.79. The molecule has 0 bridgehead atoms. The zero-order chi connectivity index (χ0) is 18.7. The van der Waals surface area contributed by atoms with Gasteiger partial charge in [-0.1, -0.05) is 11.8 Å². The van der Waals surface area contributed by atoms with Gasteiger partial charge in [-0.3, -0.25) is 14.2 Å².